The van der Waals surface area contributed by atoms with Crippen LogP contribution < -0.4 is 63.0 Å². The first-order valence-electron chi connectivity index (χ1n) is 33.0. The Morgan fingerprint density at radius 2 is 0.825 bits per heavy atom. The van der Waals surface area contributed by atoms with Crippen molar-refractivity contribution in [2.75, 3.05) is 91.6 Å². The van der Waals surface area contributed by atoms with Crippen LogP contribution in [0.3, 0.4) is 0 Å². The zero-order valence-electron chi connectivity index (χ0n) is 58.5. The van der Waals surface area contributed by atoms with E-state index >= 15 is 4.11 Å². The minimum absolute atomic E-state index is 0. The molecule has 0 bridgehead atoms. The predicted molar refractivity (Wildman–Crippen MR) is 357 cm³/mol. The molecule has 0 radical (unpaired) electrons. The number of halogens is 1. The summed E-state index contributed by atoms with van der Waals surface area (Å²) in [6, 6.07) is -5.29. The molecular weight excluding hydrogens is 1440 g/mol. The summed E-state index contributed by atoms with van der Waals surface area (Å²) in [6.45, 7) is 7.40. The van der Waals surface area contributed by atoms with Gasteiger partial charge in [0.2, 0.25) is 29.5 Å². The molecule has 2 rings (SSSR count). The first-order valence-corrected chi connectivity index (χ1v) is 34.9. The Balaban J connectivity index is 0.0000530. The summed E-state index contributed by atoms with van der Waals surface area (Å²) in [5.74, 6) is -18.5. The second kappa shape index (κ2) is 45.3. The van der Waals surface area contributed by atoms with Gasteiger partial charge in [0.05, 0.1) is 17.9 Å². The molecule has 6 atom stereocenters. The number of hydrogen-bond acceptors (Lipinski definition) is 23. The number of carbonyl (C=O) groups excluding carboxylic acids is 10. The SMILES string of the molecule is CC(C)(C)[Si](F)(c1ccc(C(=O)NCC(NC(=O)CCC(C(=O)O)N2CCN(CC(=O)[O-])CCN(CC(=O)[O-])CCN(CC(=O)[O-])CC2)C(=O)NC(CCCCNC(=O)CCC(=O)NCCCC(NC(=O)CCC(NC(=O)NC(CCC(=O)O)C(=O)O)C(=O)O)C(=O)O)C(=O)O)cc1)C(C)(C)C.[Ga+3]. The molecule has 0 saturated carbocycles. The maximum atomic E-state index is 17.1. The molecule has 103 heavy (non-hydrogen) atoms. The van der Waals surface area contributed by atoms with E-state index in [4.69, 9.17) is 5.11 Å². The van der Waals surface area contributed by atoms with Crippen molar-refractivity contribution in [1.82, 2.24) is 62.1 Å². The average molecular weight is 1540 g/mol. The van der Waals surface area contributed by atoms with Gasteiger partial charge in [-0.15, -0.1) is 0 Å². The molecule has 1 aromatic carbocycles. The van der Waals surface area contributed by atoms with Gasteiger partial charge in [0.25, 0.3) is 14.3 Å². The van der Waals surface area contributed by atoms with Crippen LogP contribution in [0.2, 0.25) is 10.1 Å². The number of carbonyl (C=O) groups is 16. The fourth-order valence-electron chi connectivity index (χ4n) is 11.3. The van der Waals surface area contributed by atoms with Crippen LogP contribution in [0, 0.1) is 0 Å². The van der Waals surface area contributed by atoms with Crippen LogP contribution in [-0.2, 0) is 67.1 Å². The van der Waals surface area contributed by atoms with Crippen molar-refractivity contribution in [1.29, 1.82) is 0 Å². The standard InChI is InChI=1S/C63H99FN12O25Si.Ga/c1-62(2,3)102(64,63(4,5)6)39-14-12-38(13-15-39)54(89)67-34-44(69-49(80)20-18-45(60(99)100)76-32-30-74(36-52(85)86)28-26-73(35-51(83)84)27-29-75(31-33-76)37-53(87)88)55(90)70-41(57(93)94)10-7-8-24-65-46(77)21-22-47(78)66-25-9-11-40(56(91)92)68-48(79)19-16-42(58(95)96)71-61(101)72-43(59(97)98)17-23-50(81)82;/h12-15,40-45H,7-11,16-37H2,1-6H3,(H,65,77)(H,66,78)(H,67,89)(H,68,79)(H,69,80)(H,70,90)(H,81,82)(H,83,84)(H,85,86)(H,87,88)(H,91,92)(H,93,94)(H,95,96)(H,97,98)(H,99,100)(H2,71,72,101);/q;+3/p-3. The second-order valence-electron chi connectivity index (χ2n) is 26.5. The third-order valence-corrected chi connectivity index (χ3v) is 21.9. The minimum atomic E-state index is -3.78. The Bertz CT molecular complexity index is 3060. The molecule has 1 fully saturated rings. The number of nitrogens with one attached hydrogen (secondary N) is 8. The van der Waals surface area contributed by atoms with Gasteiger partial charge in [0.1, 0.15) is 36.3 Å². The van der Waals surface area contributed by atoms with E-state index < -0.39 is 215 Å². The predicted octanol–water partition coefficient (Wildman–Crippen LogP) is -6.10. The number of rotatable bonds is 43. The van der Waals surface area contributed by atoms with Gasteiger partial charge in [0, 0.05) is 129 Å². The van der Waals surface area contributed by atoms with Gasteiger partial charge in [-0.25, -0.2) is 24.0 Å². The molecule has 1 saturated heterocycles. The number of unbranched alkanes of at least 4 members (excludes halogenated alkanes) is 1. The van der Waals surface area contributed by atoms with Crippen molar-refractivity contribution in [2.45, 2.75) is 171 Å². The Kier molecular flexibility index (Phi) is 40.5. The van der Waals surface area contributed by atoms with Crippen LogP contribution in [0.5, 0.6) is 0 Å². The number of nitrogens with zero attached hydrogens (tertiary/aromatic N) is 4. The number of benzene rings is 1. The molecule has 0 aliphatic carbocycles. The van der Waals surface area contributed by atoms with Crippen LogP contribution >= 0.6 is 0 Å². The molecule has 0 aromatic heterocycles. The molecular formula is C63H96FGaN12O25Si. The number of amides is 8. The zero-order valence-corrected chi connectivity index (χ0v) is 62.0. The van der Waals surface area contributed by atoms with E-state index in [0.29, 0.717) is 5.19 Å². The summed E-state index contributed by atoms with van der Waals surface area (Å²) in [6.07, 6.45) is -4.36. The molecule has 40 heteroatoms. The molecule has 8 amide bonds. The minimum Gasteiger partial charge on any atom is -0.549 e. The quantitative estimate of drug-likeness (QED) is 0.0164. The van der Waals surface area contributed by atoms with Crippen LogP contribution in [0.4, 0.5) is 8.90 Å². The Morgan fingerprint density at radius 3 is 1.23 bits per heavy atom. The fraction of sp³-hybridized carbons (Fsp3) is 0.651. The maximum Gasteiger partial charge on any atom is 3.00 e. The van der Waals surface area contributed by atoms with Crippen molar-refractivity contribution >= 4 is 129 Å². The van der Waals surface area contributed by atoms with E-state index in [1.54, 1.807) is 41.5 Å². The van der Waals surface area contributed by atoms with Crippen LogP contribution in [0.25, 0.3) is 0 Å². The van der Waals surface area contributed by atoms with E-state index in [2.05, 4.69) is 31.9 Å². The van der Waals surface area contributed by atoms with Crippen LogP contribution in [0.1, 0.15) is 135 Å². The summed E-state index contributed by atoms with van der Waals surface area (Å²) < 4.78 is 17.1. The number of carboxylic acids is 9. The molecule has 0 spiro atoms. The number of hydrogen-bond donors (Lipinski definition) is 14. The van der Waals surface area contributed by atoms with Crippen molar-refractivity contribution in [2.24, 2.45) is 0 Å². The zero-order chi connectivity index (χ0) is 77.2. The van der Waals surface area contributed by atoms with Crippen molar-refractivity contribution in [3.8, 4) is 0 Å². The summed E-state index contributed by atoms with van der Waals surface area (Å²) in [4.78, 5) is 204. The van der Waals surface area contributed by atoms with Gasteiger partial charge in [-0.2, -0.15) is 0 Å². The number of aliphatic carboxylic acids is 9. The molecule has 1 aromatic rings. The van der Waals surface area contributed by atoms with E-state index in [1.807, 2.05) is 10.6 Å². The van der Waals surface area contributed by atoms with E-state index in [9.17, 15) is 118 Å². The van der Waals surface area contributed by atoms with Crippen LogP contribution in [0.15, 0.2) is 24.3 Å². The van der Waals surface area contributed by atoms with Crippen molar-refractivity contribution in [3.63, 3.8) is 0 Å². The molecule has 1 aliphatic rings. The van der Waals surface area contributed by atoms with Crippen LogP contribution in [-0.4, -0.2) is 302 Å². The molecule has 6 unspecified atom stereocenters. The smallest absolute Gasteiger partial charge is 0.549 e. The Morgan fingerprint density at radius 1 is 0.447 bits per heavy atom. The summed E-state index contributed by atoms with van der Waals surface area (Å²) in [5, 5.41) is 110. The van der Waals surface area contributed by atoms with E-state index in [0.717, 1.165) is 0 Å². The molecule has 572 valence electrons. The molecule has 37 nitrogen and oxygen atoms in total. The van der Waals surface area contributed by atoms with E-state index in [-0.39, 0.29) is 136 Å². The topological polar surface area (TPSA) is 573 Å². The average Bonchev–Trinajstić information content (AvgIpc) is 0.748. The monoisotopic (exact) mass is 1540 g/mol. The van der Waals surface area contributed by atoms with Crippen molar-refractivity contribution < 1.29 is 127 Å². The van der Waals surface area contributed by atoms with Crippen molar-refractivity contribution in [3.05, 3.63) is 29.8 Å². The van der Waals surface area contributed by atoms with Gasteiger partial charge in [-0.1, -0.05) is 53.7 Å². The normalized spacial score (nSPS) is 15.5. The third-order valence-electron chi connectivity index (χ3n) is 16.6. The van der Waals surface area contributed by atoms with Gasteiger partial charge in [0.15, 0.2) is 0 Å². The third kappa shape index (κ3) is 34.8. The van der Waals surface area contributed by atoms with Gasteiger partial charge < -0.3 is 107 Å². The summed E-state index contributed by atoms with van der Waals surface area (Å²) in [5.41, 5.74) is 0.0286. The molecule has 1 heterocycles. The second-order valence-corrected chi connectivity index (χ2v) is 31.4. The van der Waals surface area contributed by atoms with Gasteiger partial charge in [-0.05, 0) is 78.8 Å². The Labute approximate surface area is 607 Å². The Hall–Kier alpha value is -8.84. The summed E-state index contributed by atoms with van der Waals surface area (Å²) in [7, 11) is -3.78. The number of urea groups is 1. The van der Waals surface area contributed by atoms with E-state index in [1.165, 1.54) is 43.9 Å². The van der Waals surface area contributed by atoms with Gasteiger partial charge >= 0.3 is 61.6 Å². The largest absolute Gasteiger partial charge is 3.00 e. The first kappa shape index (κ1) is 92.2. The number of carboxylic acid groups (broad SMARTS) is 9. The maximum absolute atomic E-state index is 17.1. The molecule has 1 aliphatic heterocycles. The first-order chi connectivity index (χ1) is 47.5. The summed E-state index contributed by atoms with van der Waals surface area (Å²) >= 11 is 0. The molecule has 14 N–H and O–H groups in total. The van der Waals surface area contributed by atoms with Gasteiger partial charge in [-0.3, -0.25) is 58.0 Å². The fourth-order valence-corrected chi connectivity index (χ4v) is 15.9.